The molecule has 0 atom stereocenters. The lowest BCUT2D eigenvalue weighted by Crippen LogP contribution is -2.47. The smallest absolute Gasteiger partial charge is 0.313 e. The van der Waals surface area contributed by atoms with Crippen molar-refractivity contribution in [3.8, 4) is 5.75 Å². The largest absolute Gasteiger partial charge is 0.495 e. The molecule has 2 amide bonds. The van der Waals surface area contributed by atoms with Gasteiger partial charge >= 0.3 is 11.8 Å². The molecule has 0 radical (unpaired) electrons. The highest BCUT2D eigenvalue weighted by atomic mass is 32.1. The van der Waals surface area contributed by atoms with E-state index in [0.717, 1.165) is 18.4 Å². The van der Waals surface area contributed by atoms with Crippen molar-refractivity contribution in [1.29, 1.82) is 0 Å². The SMILES string of the molecule is COc1ccc(C)cc1NC(=O)C(=O)NCC1(c2ccsc2)CCOCC1. The Balaban J connectivity index is 1.66. The minimum absolute atomic E-state index is 0.185. The fourth-order valence-corrected chi connectivity index (χ4v) is 4.10. The molecule has 2 aromatic rings. The Morgan fingerprint density at radius 1 is 1.22 bits per heavy atom. The molecule has 144 valence electrons. The molecule has 2 heterocycles. The molecule has 6 nitrogen and oxygen atoms in total. The first-order chi connectivity index (χ1) is 13.0. The summed E-state index contributed by atoms with van der Waals surface area (Å²) in [6, 6.07) is 7.50. The number of carbonyl (C=O) groups is 2. The van der Waals surface area contributed by atoms with Crippen LogP contribution in [0.4, 0.5) is 5.69 Å². The van der Waals surface area contributed by atoms with Crippen molar-refractivity contribution in [2.24, 2.45) is 0 Å². The molecule has 0 saturated carbocycles. The van der Waals surface area contributed by atoms with E-state index in [1.54, 1.807) is 23.5 Å². The molecule has 0 bridgehead atoms. The molecule has 1 aliphatic heterocycles. The predicted octanol–water partition coefficient (Wildman–Crippen LogP) is 2.87. The maximum atomic E-state index is 12.4. The normalized spacial score (nSPS) is 15.8. The molecule has 27 heavy (non-hydrogen) atoms. The molecule has 7 heteroatoms. The Morgan fingerprint density at radius 3 is 2.67 bits per heavy atom. The van der Waals surface area contributed by atoms with E-state index in [-0.39, 0.29) is 5.41 Å². The number of aryl methyl sites for hydroxylation is 1. The lowest BCUT2D eigenvalue weighted by atomic mass is 9.75. The maximum absolute atomic E-state index is 12.4. The number of benzene rings is 1. The average Bonchev–Trinajstić information content (AvgIpc) is 3.22. The second kappa shape index (κ2) is 8.54. The minimum Gasteiger partial charge on any atom is -0.495 e. The molecule has 2 N–H and O–H groups in total. The monoisotopic (exact) mass is 388 g/mol. The summed E-state index contributed by atoms with van der Waals surface area (Å²) in [7, 11) is 1.52. The van der Waals surface area contributed by atoms with E-state index in [4.69, 9.17) is 9.47 Å². The fraction of sp³-hybridized carbons (Fsp3) is 0.400. The number of amides is 2. The van der Waals surface area contributed by atoms with Crippen molar-refractivity contribution in [1.82, 2.24) is 5.32 Å². The third-order valence-corrected chi connectivity index (χ3v) is 5.66. The summed E-state index contributed by atoms with van der Waals surface area (Å²) in [5, 5.41) is 9.59. The lowest BCUT2D eigenvalue weighted by molar-refractivity contribution is -0.136. The van der Waals surface area contributed by atoms with Crippen LogP contribution in [0.5, 0.6) is 5.75 Å². The van der Waals surface area contributed by atoms with Crippen LogP contribution in [0.2, 0.25) is 0 Å². The van der Waals surface area contributed by atoms with Gasteiger partial charge < -0.3 is 20.1 Å². The predicted molar refractivity (Wildman–Crippen MR) is 105 cm³/mol. The number of rotatable bonds is 5. The van der Waals surface area contributed by atoms with Crippen LogP contribution in [0.15, 0.2) is 35.0 Å². The maximum Gasteiger partial charge on any atom is 0.313 e. The summed E-state index contributed by atoms with van der Waals surface area (Å²) in [6.07, 6.45) is 1.63. The number of carbonyl (C=O) groups excluding carboxylic acids is 2. The zero-order valence-corrected chi connectivity index (χ0v) is 16.4. The molecule has 1 aromatic heterocycles. The first kappa shape index (κ1) is 19.4. The summed E-state index contributed by atoms with van der Waals surface area (Å²) >= 11 is 1.63. The van der Waals surface area contributed by atoms with Gasteiger partial charge in [0.25, 0.3) is 0 Å². The van der Waals surface area contributed by atoms with E-state index in [0.29, 0.717) is 31.2 Å². The van der Waals surface area contributed by atoms with E-state index in [2.05, 4.69) is 22.1 Å². The van der Waals surface area contributed by atoms with Gasteiger partial charge in [-0.3, -0.25) is 9.59 Å². The van der Waals surface area contributed by atoms with Crippen LogP contribution < -0.4 is 15.4 Å². The number of anilines is 1. The third kappa shape index (κ3) is 4.48. The summed E-state index contributed by atoms with van der Waals surface area (Å²) in [5.41, 5.74) is 2.45. The molecule has 1 fully saturated rings. The standard InChI is InChI=1S/C20H24N2O4S/c1-14-3-4-17(25-2)16(11-14)22-19(24)18(23)21-13-20(6-8-26-9-7-20)15-5-10-27-12-15/h3-5,10-12H,6-9,13H2,1-2H3,(H,21,23)(H,22,24). The number of methoxy groups -OCH3 is 1. The molecule has 0 aliphatic carbocycles. The van der Waals surface area contributed by atoms with Crippen molar-refractivity contribution < 1.29 is 19.1 Å². The molecule has 1 aliphatic rings. The minimum atomic E-state index is -0.702. The van der Waals surface area contributed by atoms with Crippen LogP contribution in [0.25, 0.3) is 0 Å². The van der Waals surface area contributed by atoms with Crippen molar-refractivity contribution in [3.63, 3.8) is 0 Å². The lowest BCUT2D eigenvalue weighted by Gasteiger charge is -2.37. The van der Waals surface area contributed by atoms with Crippen molar-refractivity contribution in [3.05, 3.63) is 46.2 Å². The van der Waals surface area contributed by atoms with Crippen LogP contribution in [-0.2, 0) is 19.7 Å². The number of ether oxygens (including phenoxy) is 2. The highest BCUT2D eigenvalue weighted by molar-refractivity contribution is 7.08. The third-order valence-electron chi connectivity index (χ3n) is 4.98. The van der Waals surface area contributed by atoms with Gasteiger partial charge in [-0.05, 0) is 59.9 Å². The second-order valence-corrected chi connectivity index (χ2v) is 7.53. The van der Waals surface area contributed by atoms with E-state index in [1.165, 1.54) is 12.7 Å². The number of hydrogen-bond acceptors (Lipinski definition) is 5. The van der Waals surface area contributed by atoms with Crippen LogP contribution >= 0.6 is 11.3 Å². The highest BCUT2D eigenvalue weighted by Gasteiger charge is 2.35. The fourth-order valence-electron chi connectivity index (χ4n) is 3.32. The summed E-state index contributed by atoms with van der Waals surface area (Å²) in [5.74, 6) is -0.841. The molecular weight excluding hydrogens is 364 g/mol. The molecule has 3 rings (SSSR count). The molecule has 0 spiro atoms. The van der Waals surface area contributed by atoms with Crippen LogP contribution in [0, 0.1) is 6.92 Å². The Hall–Kier alpha value is -2.38. The highest BCUT2D eigenvalue weighted by Crippen LogP contribution is 2.35. The van der Waals surface area contributed by atoms with Gasteiger partial charge in [-0.1, -0.05) is 6.07 Å². The number of hydrogen-bond donors (Lipinski definition) is 2. The van der Waals surface area contributed by atoms with Crippen molar-refractivity contribution >= 4 is 28.8 Å². The summed E-state index contributed by atoms with van der Waals surface area (Å²) in [6.45, 7) is 3.62. The van der Waals surface area contributed by atoms with E-state index < -0.39 is 11.8 Å². The number of nitrogens with one attached hydrogen (secondary N) is 2. The van der Waals surface area contributed by atoms with Crippen molar-refractivity contribution in [2.75, 3.05) is 32.2 Å². The van der Waals surface area contributed by atoms with Gasteiger partial charge in [0.05, 0.1) is 12.8 Å². The molecule has 1 aromatic carbocycles. The summed E-state index contributed by atoms with van der Waals surface area (Å²) in [4.78, 5) is 24.7. The van der Waals surface area contributed by atoms with Gasteiger partial charge in [-0.2, -0.15) is 11.3 Å². The topological polar surface area (TPSA) is 76.7 Å². The first-order valence-electron chi connectivity index (χ1n) is 8.88. The zero-order valence-electron chi connectivity index (χ0n) is 15.5. The quantitative estimate of drug-likeness (QED) is 0.773. The van der Waals surface area contributed by atoms with Gasteiger partial charge in [0.1, 0.15) is 5.75 Å². The van der Waals surface area contributed by atoms with E-state index in [1.807, 2.05) is 18.4 Å². The number of thiophene rings is 1. The van der Waals surface area contributed by atoms with Gasteiger partial charge in [-0.15, -0.1) is 0 Å². The Kier molecular flexibility index (Phi) is 6.13. The van der Waals surface area contributed by atoms with Gasteiger partial charge in [0, 0.05) is 25.2 Å². The van der Waals surface area contributed by atoms with E-state index >= 15 is 0 Å². The van der Waals surface area contributed by atoms with Gasteiger partial charge in [0.2, 0.25) is 0 Å². The Morgan fingerprint density at radius 2 is 2.00 bits per heavy atom. The molecule has 1 saturated heterocycles. The second-order valence-electron chi connectivity index (χ2n) is 6.75. The zero-order chi connectivity index (χ0) is 19.3. The van der Waals surface area contributed by atoms with Crippen molar-refractivity contribution in [2.45, 2.75) is 25.2 Å². The molecule has 0 unspecified atom stereocenters. The van der Waals surface area contributed by atoms with Crippen LogP contribution in [0.1, 0.15) is 24.0 Å². The summed E-state index contributed by atoms with van der Waals surface area (Å²) < 4.78 is 10.7. The van der Waals surface area contributed by atoms with Crippen LogP contribution in [0.3, 0.4) is 0 Å². The van der Waals surface area contributed by atoms with Gasteiger partial charge in [0.15, 0.2) is 0 Å². The van der Waals surface area contributed by atoms with Crippen LogP contribution in [-0.4, -0.2) is 38.7 Å². The van der Waals surface area contributed by atoms with E-state index in [9.17, 15) is 9.59 Å². The molecular formula is C20H24N2O4S. The average molecular weight is 388 g/mol. The Labute approximate surface area is 162 Å². The van der Waals surface area contributed by atoms with Gasteiger partial charge in [-0.25, -0.2) is 0 Å². The Bertz CT molecular complexity index is 798. The first-order valence-corrected chi connectivity index (χ1v) is 9.83.